The Balaban J connectivity index is 3.40. The summed E-state index contributed by atoms with van der Waals surface area (Å²) >= 11 is 0. The van der Waals surface area contributed by atoms with Crippen molar-refractivity contribution >= 4 is 6.09 Å². The Morgan fingerprint density at radius 2 is 2.36 bits per heavy atom. The van der Waals surface area contributed by atoms with Gasteiger partial charge >= 0.3 is 6.09 Å². The summed E-state index contributed by atoms with van der Waals surface area (Å²) in [5.41, 5.74) is 0. The van der Waals surface area contributed by atoms with Crippen LogP contribution in [0.1, 0.15) is 20.3 Å². The minimum atomic E-state index is -0.423. The van der Waals surface area contributed by atoms with Crippen LogP contribution in [-0.2, 0) is 4.74 Å². The second-order valence-electron chi connectivity index (χ2n) is 2.28. The quantitative estimate of drug-likeness (QED) is 0.631. The van der Waals surface area contributed by atoms with Crippen molar-refractivity contribution in [1.29, 1.82) is 0 Å². The first kappa shape index (κ1) is 10.2. The number of ether oxygens (including phenoxy) is 1. The fourth-order valence-corrected chi connectivity index (χ4v) is 0.640. The van der Waals surface area contributed by atoms with E-state index in [1.165, 1.54) is 0 Å². The Morgan fingerprint density at radius 1 is 1.73 bits per heavy atom. The lowest BCUT2D eigenvalue weighted by molar-refractivity contribution is 0.146. The molecule has 4 heteroatoms. The van der Waals surface area contributed by atoms with Crippen LogP contribution in [0, 0.1) is 0 Å². The highest BCUT2D eigenvalue weighted by Gasteiger charge is 2.05. The zero-order chi connectivity index (χ0) is 8.69. The maximum atomic E-state index is 10.7. The molecule has 0 bridgehead atoms. The molecule has 0 aliphatic rings. The standard InChI is InChI=1S/C7H15NO3/c1-3-11-7(10)8-6(2)4-5-9/h6,9H,3-5H2,1-2H3,(H,8,10)/t6-/m0/s1. The summed E-state index contributed by atoms with van der Waals surface area (Å²) in [6, 6.07) is -0.0287. The zero-order valence-electron chi connectivity index (χ0n) is 6.96. The van der Waals surface area contributed by atoms with Gasteiger partial charge < -0.3 is 15.2 Å². The lowest BCUT2D eigenvalue weighted by atomic mass is 10.2. The van der Waals surface area contributed by atoms with Crippen molar-refractivity contribution in [2.45, 2.75) is 26.3 Å². The number of alkyl carbamates (subject to hydrolysis) is 1. The van der Waals surface area contributed by atoms with Gasteiger partial charge in [0.05, 0.1) is 6.61 Å². The van der Waals surface area contributed by atoms with Gasteiger partial charge in [-0.1, -0.05) is 0 Å². The predicted octanol–water partition coefficient (Wildman–Crippen LogP) is 0.503. The molecule has 0 radical (unpaired) electrons. The molecular weight excluding hydrogens is 146 g/mol. The molecular formula is C7H15NO3. The lowest BCUT2D eigenvalue weighted by Crippen LogP contribution is -2.33. The van der Waals surface area contributed by atoms with Crippen molar-refractivity contribution in [2.75, 3.05) is 13.2 Å². The molecule has 2 N–H and O–H groups in total. The molecule has 0 spiro atoms. The molecule has 0 aromatic heterocycles. The van der Waals surface area contributed by atoms with Gasteiger partial charge in [0.1, 0.15) is 0 Å². The molecule has 0 saturated heterocycles. The van der Waals surface area contributed by atoms with Crippen molar-refractivity contribution in [3.63, 3.8) is 0 Å². The monoisotopic (exact) mass is 161 g/mol. The van der Waals surface area contributed by atoms with Crippen LogP contribution < -0.4 is 5.32 Å². The average molecular weight is 161 g/mol. The number of amides is 1. The van der Waals surface area contributed by atoms with Gasteiger partial charge in [-0.05, 0) is 20.3 Å². The number of carbonyl (C=O) groups excluding carboxylic acids is 1. The third kappa shape index (κ3) is 5.66. The number of hydrogen-bond donors (Lipinski definition) is 2. The summed E-state index contributed by atoms with van der Waals surface area (Å²) in [5.74, 6) is 0. The van der Waals surface area contributed by atoms with E-state index < -0.39 is 6.09 Å². The van der Waals surface area contributed by atoms with Gasteiger partial charge in [0.2, 0.25) is 0 Å². The molecule has 1 amide bonds. The molecule has 0 aliphatic carbocycles. The van der Waals surface area contributed by atoms with Crippen LogP contribution in [0.2, 0.25) is 0 Å². The lowest BCUT2D eigenvalue weighted by Gasteiger charge is -2.11. The van der Waals surface area contributed by atoms with Crippen molar-refractivity contribution < 1.29 is 14.6 Å². The van der Waals surface area contributed by atoms with Gasteiger partial charge in [-0.25, -0.2) is 4.79 Å². The van der Waals surface area contributed by atoms with Crippen LogP contribution in [0.4, 0.5) is 4.79 Å². The van der Waals surface area contributed by atoms with E-state index in [0.29, 0.717) is 13.0 Å². The van der Waals surface area contributed by atoms with E-state index >= 15 is 0 Å². The normalized spacial score (nSPS) is 12.3. The van der Waals surface area contributed by atoms with E-state index in [9.17, 15) is 4.79 Å². The van der Waals surface area contributed by atoms with Crippen molar-refractivity contribution in [2.24, 2.45) is 0 Å². The number of rotatable bonds is 4. The highest BCUT2D eigenvalue weighted by molar-refractivity contribution is 5.67. The van der Waals surface area contributed by atoms with Crippen LogP contribution >= 0.6 is 0 Å². The van der Waals surface area contributed by atoms with E-state index in [4.69, 9.17) is 5.11 Å². The summed E-state index contributed by atoms with van der Waals surface area (Å²) in [7, 11) is 0. The van der Waals surface area contributed by atoms with Crippen LogP contribution in [0.25, 0.3) is 0 Å². The van der Waals surface area contributed by atoms with Crippen molar-refractivity contribution in [3.8, 4) is 0 Å². The summed E-state index contributed by atoms with van der Waals surface area (Å²) < 4.78 is 4.63. The van der Waals surface area contributed by atoms with E-state index in [0.717, 1.165) is 0 Å². The number of aliphatic hydroxyl groups is 1. The summed E-state index contributed by atoms with van der Waals surface area (Å²) in [4.78, 5) is 10.7. The minimum absolute atomic E-state index is 0.0287. The van der Waals surface area contributed by atoms with Crippen LogP contribution in [0.3, 0.4) is 0 Å². The molecule has 0 saturated carbocycles. The molecule has 0 unspecified atom stereocenters. The van der Waals surface area contributed by atoms with E-state index in [1.54, 1.807) is 6.92 Å². The molecule has 1 atom stereocenters. The number of hydrogen-bond acceptors (Lipinski definition) is 3. The maximum absolute atomic E-state index is 10.7. The van der Waals surface area contributed by atoms with Crippen LogP contribution in [0.15, 0.2) is 0 Å². The van der Waals surface area contributed by atoms with Crippen molar-refractivity contribution in [1.82, 2.24) is 5.32 Å². The third-order valence-electron chi connectivity index (χ3n) is 1.20. The first-order valence-electron chi connectivity index (χ1n) is 3.74. The van der Waals surface area contributed by atoms with Gasteiger partial charge in [-0.3, -0.25) is 0 Å². The van der Waals surface area contributed by atoms with Gasteiger partial charge in [0.25, 0.3) is 0 Å². The SMILES string of the molecule is CCOC(=O)N[C@@H](C)CCO. The van der Waals surface area contributed by atoms with Crippen LogP contribution in [0.5, 0.6) is 0 Å². The van der Waals surface area contributed by atoms with Crippen LogP contribution in [-0.4, -0.2) is 30.5 Å². The molecule has 0 aliphatic heterocycles. The Bertz CT molecular complexity index is 116. The highest BCUT2D eigenvalue weighted by atomic mass is 16.5. The van der Waals surface area contributed by atoms with E-state index in [-0.39, 0.29) is 12.6 Å². The molecule has 0 aromatic carbocycles. The minimum Gasteiger partial charge on any atom is -0.450 e. The van der Waals surface area contributed by atoms with Gasteiger partial charge in [-0.15, -0.1) is 0 Å². The first-order valence-corrected chi connectivity index (χ1v) is 3.74. The second kappa shape index (κ2) is 5.97. The van der Waals surface area contributed by atoms with E-state index in [1.807, 2.05) is 6.92 Å². The fourth-order valence-electron chi connectivity index (χ4n) is 0.640. The Hall–Kier alpha value is -0.770. The molecule has 0 aromatic rings. The smallest absolute Gasteiger partial charge is 0.407 e. The topological polar surface area (TPSA) is 58.6 Å². The molecule has 4 nitrogen and oxygen atoms in total. The molecule has 0 rings (SSSR count). The molecule has 0 fully saturated rings. The fraction of sp³-hybridized carbons (Fsp3) is 0.857. The molecule has 0 heterocycles. The van der Waals surface area contributed by atoms with Gasteiger partial charge in [-0.2, -0.15) is 0 Å². The summed E-state index contributed by atoms with van der Waals surface area (Å²) in [6.07, 6.45) is 0.132. The Morgan fingerprint density at radius 3 is 2.82 bits per heavy atom. The average Bonchev–Trinajstić information content (AvgIpc) is 1.87. The number of carbonyl (C=O) groups is 1. The first-order chi connectivity index (χ1) is 5.20. The van der Waals surface area contributed by atoms with Gasteiger partial charge in [0, 0.05) is 12.6 Å². The third-order valence-corrected chi connectivity index (χ3v) is 1.20. The Kier molecular flexibility index (Phi) is 5.56. The van der Waals surface area contributed by atoms with E-state index in [2.05, 4.69) is 10.1 Å². The predicted molar refractivity (Wildman–Crippen MR) is 41.3 cm³/mol. The number of aliphatic hydroxyl groups excluding tert-OH is 1. The molecule has 11 heavy (non-hydrogen) atoms. The summed E-state index contributed by atoms with van der Waals surface area (Å²) in [6.45, 7) is 4.01. The second-order valence-corrected chi connectivity index (χ2v) is 2.28. The molecule has 66 valence electrons. The number of nitrogens with one attached hydrogen (secondary N) is 1. The Labute approximate surface area is 66.5 Å². The highest BCUT2D eigenvalue weighted by Crippen LogP contribution is 1.89. The van der Waals surface area contributed by atoms with Crippen molar-refractivity contribution in [3.05, 3.63) is 0 Å². The largest absolute Gasteiger partial charge is 0.450 e. The maximum Gasteiger partial charge on any atom is 0.407 e. The summed E-state index contributed by atoms with van der Waals surface area (Å²) in [5, 5.41) is 11.0. The van der Waals surface area contributed by atoms with Gasteiger partial charge in [0.15, 0.2) is 0 Å². The zero-order valence-corrected chi connectivity index (χ0v) is 6.96.